The van der Waals surface area contributed by atoms with Gasteiger partial charge in [0.05, 0.1) is 18.0 Å². The van der Waals surface area contributed by atoms with E-state index in [1.165, 1.54) is 25.9 Å². The molecule has 2 aliphatic rings. The zero-order valence-corrected chi connectivity index (χ0v) is 9.78. The van der Waals surface area contributed by atoms with Crippen molar-refractivity contribution in [3.8, 4) is 0 Å². The maximum absolute atomic E-state index is 5.44. The summed E-state index contributed by atoms with van der Waals surface area (Å²) in [7, 11) is 2.10. The number of hydrogen-bond donors (Lipinski definition) is 1. The molecule has 0 aromatic carbocycles. The Bertz CT molecular complexity index is 357. The highest BCUT2D eigenvalue weighted by molar-refractivity contribution is 5.66. The zero-order chi connectivity index (χ0) is 11.0. The van der Waals surface area contributed by atoms with Crippen LogP contribution in [0.3, 0.4) is 0 Å². The van der Waals surface area contributed by atoms with E-state index in [0.29, 0.717) is 6.04 Å². The van der Waals surface area contributed by atoms with Gasteiger partial charge in [-0.1, -0.05) is 0 Å². The lowest BCUT2D eigenvalue weighted by molar-refractivity contribution is 0.319. The predicted octanol–water partition coefficient (Wildman–Crippen LogP) is 1.61. The van der Waals surface area contributed by atoms with Crippen molar-refractivity contribution in [1.29, 1.82) is 0 Å². The number of nitrogens with zero attached hydrogens (tertiary/aromatic N) is 2. The first-order valence-electron chi connectivity index (χ1n) is 6.10. The van der Waals surface area contributed by atoms with Crippen LogP contribution < -0.4 is 10.2 Å². The van der Waals surface area contributed by atoms with Crippen molar-refractivity contribution in [3.05, 3.63) is 12.3 Å². The molecule has 88 valence electrons. The van der Waals surface area contributed by atoms with E-state index in [-0.39, 0.29) is 0 Å². The molecule has 0 amide bonds. The van der Waals surface area contributed by atoms with Crippen LogP contribution in [-0.2, 0) is 0 Å². The first kappa shape index (κ1) is 10.0. The average Bonchev–Trinajstić information content (AvgIpc) is 2.87. The van der Waals surface area contributed by atoms with Crippen LogP contribution in [0, 0.1) is 0 Å². The van der Waals surface area contributed by atoms with Gasteiger partial charge >= 0.3 is 0 Å². The molecule has 4 heteroatoms. The Balaban J connectivity index is 1.66. The Kier molecular flexibility index (Phi) is 2.52. The Morgan fingerprint density at radius 3 is 3.06 bits per heavy atom. The van der Waals surface area contributed by atoms with Gasteiger partial charge in [0.25, 0.3) is 0 Å². The molecular formula is C12H19N3O. The SMILES string of the molecule is CN1CC(CN2CCCC2)Nc2ccoc21. The van der Waals surface area contributed by atoms with Crippen LogP contribution in [0.15, 0.2) is 16.7 Å². The largest absolute Gasteiger partial charge is 0.447 e. The molecule has 0 radical (unpaired) electrons. The van der Waals surface area contributed by atoms with Gasteiger partial charge in [-0.3, -0.25) is 0 Å². The number of nitrogens with one attached hydrogen (secondary N) is 1. The van der Waals surface area contributed by atoms with Crippen LogP contribution in [0.25, 0.3) is 0 Å². The predicted molar refractivity (Wildman–Crippen MR) is 65.1 cm³/mol. The second-order valence-electron chi connectivity index (χ2n) is 4.87. The first-order valence-corrected chi connectivity index (χ1v) is 6.10. The van der Waals surface area contributed by atoms with E-state index >= 15 is 0 Å². The third-order valence-electron chi connectivity index (χ3n) is 3.52. The van der Waals surface area contributed by atoms with E-state index in [0.717, 1.165) is 24.7 Å². The highest BCUT2D eigenvalue weighted by Gasteiger charge is 2.26. The number of anilines is 2. The molecule has 3 rings (SSSR count). The molecule has 0 bridgehead atoms. The van der Waals surface area contributed by atoms with Crippen LogP contribution in [0.4, 0.5) is 11.6 Å². The minimum absolute atomic E-state index is 0.521. The fourth-order valence-corrected chi connectivity index (χ4v) is 2.77. The number of rotatable bonds is 2. The smallest absolute Gasteiger partial charge is 0.218 e. The molecule has 3 heterocycles. The zero-order valence-electron chi connectivity index (χ0n) is 9.78. The molecule has 1 atom stereocenters. The minimum atomic E-state index is 0.521. The van der Waals surface area contributed by atoms with Crippen molar-refractivity contribution < 1.29 is 4.42 Å². The lowest BCUT2D eigenvalue weighted by Gasteiger charge is -2.33. The number of furan rings is 1. The summed E-state index contributed by atoms with van der Waals surface area (Å²) in [5, 5.41) is 3.56. The van der Waals surface area contributed by atoms with E-state index in [1.54, 1.807) is 6.26 Å². The normalized spacial score (nSPS) is 25.6. The summed E-state index contributed by atoms with van der Waals surface area (Å²) < 4.78 is 5.44. The summed E-state index contributed by atoms with van der Waals surface area (Å²) in [5.74, 6) is 0.970. The van der Waals surface area contributed by atoms with E-state index in [2.05, 4.69) is 22.2 Å². The topological polar surface area (TPSA) is 31.6 Å². The Labute approximate surface area is 96.2 Å². The second kappa shape index (κ2) is 4.01. The van der Waals surface area contributed by atoms with E-state index in [9.17, 15) is 0 Å². The molecule has 0 aliphatic carbocycles. The summed E-state index contributed by atoms with van der Waals surface area (Å²) in [6.45, 7) is 4.70. The van der Waals surface area contributed by atoms with Gasteiger partial charge in [-0.25, -0.2) is 0 Å². The average molecular weight is 221 g/mol. The molecular weight excluding hydrogens is 202 g/mol. The molecule has 16 heavy (non-hydrogen) atoms. The van der Waals surface area contributed by atoms with E-state index in [1.807, 2.05) is 6.07 Å². The molecule has 1 aromatic rings. The quantitative estimate of drug-likeness (QED) is 0.822. The molecule has 0 spiro atoms. The summed E-state index contributed by atoms with van der Waals surface area (Å²) in [5.41, 5.74) is 1.14. The molecule has 2 aliphatic heterocycles. The molecule has 1 saturated heterocycles. The summed E-state index contributed by atoms with van der Waals surface area (Å²) >= 11 is 0. The Morgan fingerprint density at radius 2 is 2.25 bits per heavy atom. The van der Waals surface area contributed by atoms with Crippen LogP contribution >= 0.6 is 0 Å². The van der Waals surface area contributed by atoms with Crippen LogP contribution in [0.2, 0.25) is 0 Å². The molecule has 1 aromatic heterocycles. The van der Waals surface area contributed by atoms with Crippen molar-refractivity contribution in [2.45, 2.75) is 18.9 Å². The molecule has 0 saturated carbocycles. The van der Waals surface area contributed by atoms with Gasteiger partial charge in [0.15, 0.2) is 0 Å². The molecule has 4 nitrogen and oxygen atoms in total. The van der Waals surface area contributed by atoms with Gasteiger partial charge in [0, 0.05) is 26.2 Å². The lowest BCUT2D eigenvalue weighted by Crippen LogP contribution is -2.45. The number of hydrogen-bond acceptors (Lipinski definition) is 4. The minimum Gasteiger partial charge on any atom is -0.447 e. The third kappa shape index (κ3) is 1.78. The highest BCUT2D eigenvalue weighted by atomic mass is 16.3. The van der Waals surface area contributed by atoms with Crippen LogP contribution in [0.5, 0.6) is 0 Å². The van der Waals surface area contributed by atoms with Crippen molar-refractivity contribution in [2.75, 3.05) is 43.4 Å². The lowest BCUT2D eigenvalue weighted by atomic mass is 10.2. The van der Waals surface area contributed by atoms with Gasteiger partial charge in [0.2, 0.25) is 5.88 Å². The first-order chi connectivity index (χ1) is 7.83. The maximum Gasteiger partial charge on any atom is 0.218 e. The Hall–Kier alpha value is -1.16. The number of fused-ring (bicyclic) bond motifs is 1. The summed E-state index contributed by atoms with van der Waals surface area (Å²) in [6.07, 6.45) is 4.48. The number of likely N-dealkylation sites (tertiary alicyclic amines) is 1. The molecule has 1 unspecified atom stereocenters. The van der Waals surface area contributed by atoms with E-state index in [4.69, 9.17) is 4.42 Å². The van der Waals surface area contributed by atoms with Crippen molar-refractivity contribution in [3.63, 3.8) is 0 Å². The monoisotopic (exact) mass is 221 g/mol. The summed E-state index contributed by atoms with van der Waals surface area (Å²) in [4.78, 5) is 4.75. The van der Waals surface area contributed by atoms with Crippen LogP contribution in [-0.4, -0.2) is 44.2 Å². The fourth-order valence-electron chi connectivity index (χ4n) is 2.77. The summed E-state index contributed by atoms with van der Waals surface area (Å²) in [6, 6.07) is 2.54. The van der Waals surface area contributed by atoms with Gasteiger partial charge in [-0.15, -0.1) is 0 Å². The van der Waals surface area contributed by atoms with Gasteiger partial charge < -0.3 is 19.5 Å². The third-order valence-corrected chi connectivity index (χ3v) is 3.52. The van der Waals surface area contributed by atoms with E-state index < -0.39 is 0 Å². The van der Waals surface area contributed by atoms with Crippen molar-refractivity contribution >= 4 is 11.6 Å². The fraction of sp³-hybridized carbons (Fsp3) is 0.667. The second-order valence-corrected chi connectivity index (χ2v) is 4.87. The number of likely N-dealkylation sites (N-methyl/N-ethyl adjacent to an activating group) is 1. The standard InChI is InChI=1S/C12H19N3O/c1-14-8-10(9-15-5-2-3-6-15)13-11-4-7-16-12(11)14/h4,7,10,13H,2-3,5-6,8-9H2,1H3. The van der Waals surface area contributed by atoms with Gasteiger partial charge in [0.1, 0.15) is 0 Å². The van der Waals surface area contributed by atoms with Gasteiger partial charge in [-0.05, 0) is 25.9 Å². The highest BCUT2D eigenvalue weighted by Crippen LogP contribution is 2.30. The Morgan fingerprint density at radius 1 is 1.44 bits per heavy atom. The maximum atomic E-state index is 5.44. The van der Waals surface area contributed by atoms with Gasteiger partial charge in [-0.2, -0.15) is 0 Å². The molecule has 1 fully saturated rings. The van der Waals surface area contributed by atoms with Crippen molar-refractivity contribution in [2.24, 2.45) is 0 Å². The molecule has 1 N–H and O–H groups in total. The van der Waals surface area contributed by atoms with Crippen molar-refractivity contribution in [1.82, 2.24) is 4.90 Å². The van der Waals surface area contributed by atoms with Crippen LogP contribution in [0.1, 0.15) is 12.8 Å².